The van der Waals surface area contributed by atoms with Crippen molar-refractivity contribution in [1.82, 2.24) is 15.0 Å². The fraction of sp³-hybridized carbons (Fsp3) is 0.320. The Labute approximate surface area is 207 Å². The average Bonchev–Trinajstić information content (AvgIpc) is 2.85. The van der Waals surface area contributed by atoms with Crippen molar-refractivity contribution in [3.05, 3.63) is 54.4 Å². The highest BCUT2D eigenvalue weighted by molar-refractivity contribution is 6.07. The molecule has 1 fully saturated rings. The smallest absolute Gasteiger partial charge is 0.308 e. The zero-order valence-corrected chi connectivity index (χ0v) is 19.9. The van der Waals surface area contributed by atoms with Crippen LogP contribution >= 0.6 is 0 Å². The van der Waals surface area contributed by atoms with Crippen molar-refractivity contribution in [2.24, 2.45) is 5.92 Å². The van der Waals surface area contributed by atoms with Crippen LogP contribution in [-0.2, 0) is 4.79 Å². The van der Waals surface area contributed by atoms with Crippen LogP contribution in [-0.4, -0.2) is 51.1 Å². The number of hydrogen-bond acceptors (Lipinski definition) is 8. The van der Waals surface area contributed by atoms with Gasteiger partial charge in [-0.25, -0.2) is 14.4 Å². The second-order valence-electron chi connectivity index (χ2n) is 8.77. The summed E-state index contributed by atoms with van der Waals surface area (Å²) in [6.07, 6.45) is 5.52. The van der Waals surface area contributed by atoms with Crippen molar-refractivity contribution in [1.29, 1.82) is 0 Å². The molecule has 1 atom stereocenters. The summed E-state index contributed by atoms with van der Waals surface area (Å²) in [5, 5.41) is 12.2. The number of carbonyl (C=O) groups excluding carboxylic acids is 1. The first kappa shape index (κ1) is 24.8. The number of amides is 1. The summed E-state index contributed by atoms with van der Waals surface area (Å²) in [7, 11) is 0. The van der Waals surface area contributed by atoms with E-state index in [1.54, 1.807) is 12.3 Å². The van der Waals surface area contributed by atoms with Gasteiger partial charge in [0.1, 0.15) is 11.6 Å². The Morgan fingerprint density at radius 3 is 2.83 bits per heavy atom. The van der Waals surface area contributed by atoms with E-state index >= 15 is 0 Å². The molecule has 10 nitrogen and oxygen atoms in total. The molecular weight excluding hydrogens is 467 g/mol. The number of carboxylic acids is 1. The molecule has 1 saturated heterocycles. The maximum absolute atomic E-state index is 14.6. The molecule has 2 aromatic heterocycles. The van der Waals surface area contributed by atoms with E-state index in [2.05, 4.69) is 20.3 Å². The molecule has 0 spiro atoms. The van der Waals surface area contributed by atoms with Gasteiger partial charge in [-0.3, -0.25) is 14.6 Å². The van der Waals surface area contributed by atoms with Gasteiger partial charge in [-0.2, -0.15) is 0 Å². The Bertz CT molecular complexity index is 1290. The number of benzene rings is 1. The third kappa shape index (κ3) is 5.51. The molecule has 0 bridgehead atoms. The second-order valence-corrected chi connectivity index (χ2v) is 8.77. The predicted octanol–water partition coefficient (Wildman–Crippen LogP) is 3.60. The van der Waals surface area contributed by atoms with Crippen LogP contribution in [0.2, 0.25) is 0 Å². The molecule has 4 N–H and O–H groups in total. The summed E-state index contributed by atoms with van der Waals surface area (Å²) >= 11 is 0. The van der Waals surface area contributed by atoms with Crippen LogP contribution < -0.4 is 20.7 Å². The zero-order valence-electron chi connectivity index (χ0n) is 19.9. The van der Waals surface area contributed by atoms with Crippen LogP contribution in [0.1, 0.15) is 37.2 Å². The highest BCUT2D eigenvalue weighted by Crippen LogP contribution is 2.31. The van der Waals surface area contributed by atoms with Gasteiger partial charge in [0.15, 0.2) is 11.5 Å². The third-order valence-corrected chi connectivity index (χ3v) is 5.76. The van der Waals surface area contributed by atoms with Crippen molar-refractivity contribution in [3.63, 3.8) is 0 Å². The van der Waals surface area contributed by atoms with Gasteiger partial charge in [-0.15, -0.1) is 0 Å². The number of nitrogens with zero attached hydrogens (tertiary/aromatic N) is 4. The molecule has 188 valence electrons. The number of aromatic nitrogens is 3. The monoisotopic (exact) mass is 494 g/mol. The number of nitrogen functional groups attached to an aromatic ring is 1. The largest absolute Gasteiger partial charge is 0.491 e. The summed E-state index contributed by atoms with van der Waals surface area (Å²) in [6.45, 7) is 4.66. The van der Waals surface area contributed by atoms with Gasteiger partial charge in [-0.05, 0) is 51.0 Å². The van der Waals surface area contributed by atoms with Gasteiger partial charge in [0.25, 0.3) is 5.91 Å². The van der Waals surface area contributed by atoms with E-state index in [1.165, 1.54) is 30.6 Å². The summed E-state index contributed by atoms with van der Waals surface area (Å²) in [6, 6.07) is 5.97. The van der Waals surface area contributed by atoms with Crippen LogP contribution in [0.5, 0.6) is 5.75 Å². The van der Waals surface area contributed by atoms with Crippen LogP contribution in [0.3, 0.4) is 0 Å². The van der Waals surface area contributed by atoms with Crippen molar-refractivity contribution >= 4 is 29.1 Å². The van der Waals surface area contributed by atoms with E-state index in [0.29, 0.717) is 43.1 Å². The number of nitrogens with one attached hydrogen (secondary N) is 1. The number of carbonyl (C=O) groups is 2. The van der Waals surface area contributed by atoms with Gasteiger partial charge in [-0.1, -0.05) is 0 Å². The number of ether oxygens (including phenoxy) is 1. The van der Waals surface area contributed by atoms with Crippen molar-refractivity contribution in [2.75, 3.05) is 29.0 Å². The Hall–Kier alpha value is -4.28. The molecule has 36 heavy (non-hydrogen) atoms. The molecule has 1 aromatic carbocycles. The minimum Gasteiger partial charge on any atom is -0.491 e. The lowest BCUT2D eigenvalue weighted by Crippen LogP contribution is -2.39. The Morgan fingerprint density at radius 2 is 2.08 bits per heavy atom. The lowest BCUT2D eigenvalue weighted by atomic mass is 9.98. The van der Waals surface area contributed by atoms with Gasteiger partial charge < -0.3 is 25.8 Å². The number of nitrogens with two attached hydrogens (primary N) is 1. The molecule has 0 aliphatic carbocycles. The number of piperidine rings is 1. The normalized spacial score (nSPS) is 15.6. The lowest BCUT2D eigenvalue weighted by molar-refractivity contribution is -0.141. The first-order chi connectivity index (χ1) is 17.2. The Morgan fingerprint density at radius 1 is 1.28 bits per heavy atom. The average molecular weight is 495 g/mol. The van der Waals surface area contributed by atoms with E-state index in [1.807, 2.05) is 18.7 Å². The number of rotatable bonds is 7. The van der Waals surface area contributed by atoms with E-state index < -0.39 is 23.6 Å². The number of carboxylic acid groups (broad SMARTS) is 1. The van der Waals surface area contributed by atoms with Crippen LogP contribution in [0.4, 0.5) is 21.6 Å². The van der Waals surface area contributed by atoms with Gasteiger partial charge in [0.05, 0.1) is 41.5 Å². The highest BCUT2D eigenvalue weighted by Gasteiger charge is 2.27. The van der Waals surface area contributed by atoms with E-state index in [4.69, 9.17) is 10.5 Å². The molecule has 1 aliphatic heterocycles. The fourth-order valence-corrected chi connectivity index (χ4v) is 4.08. The quantitative estimate of drug-likeness (QED) is 0.449. The SMILES string of the molecule is CC(C)Oc1ccc(F)c(-c2cnc(N)c(C(=O)Nc3cnccc3N3CCCC(C(=O)O)C3)n2)c1. The second kappa shape index (κ2) is 10.5. The molecule has 1 unspecified atom stereocenters. The minimum atomic E-state index is -0.852. The molecule has 1 aliphatic rings. The molecule has 1 amide bonds. The molecule has 3 heterocycles. The standard InChI is InChI=1S/C25H27FN6O4/c1-14(2)36-16-5-6-18(26)17(10-16)19-12-29-23(27)22(30-19)24(33)31-20-11-28-8-7-21(20)32-9-3-4-15(13-32)25(34)35/h5-8,10-12,14-15H,3-4,9,13H2,1-2H3,(H2,27,29)(H,31,33)(H,34,35). The van der Waals surface area contributed by atoms with Gasteiger partial charge in [0.2, 0.25) is 0 Å². The van der Waals surface area contributed by atoms with E-state index in [0.717, 1.165) is 0 Å². The highest BCUT2D eigenvalue weighted by atomic mass is 19.1. The Balaban J connectivity index is 1.61. The summed E-state index contributed by atoms with van der Waals surface area (Å²) in [5.41, 5.74) is 7.01. The molecular formula is C25H27FN6O4. The van der Waals surface area contributed by atoms with Crippen molar-refractivity contribution in [2.45, 2.75) is 32.8 Å². The first-order valence-electron chi connectivity index (χ1n) is 11.5. The maximum Gasteiger partial charge on any atom is 0.308 e. The molecule has 4 rings (SSSR count). The third-order valence-electron chi connectivity index (χ3n) is 5.76. The first-order valence-corrected chi connectivity index (χ1v) is 11.5. The number of hydrogen-bond donors (Lipinski definition) is 3. The number of pyridine rings is 1. The molecule has 0 radical (unpaired) electrons. The van der Waals surface area contributed by atoms with Crippen LogP contribution in [0.25, 0.3) is 11.3 Å². The van der Waals surface area contributed by atoms with E-state index in [9.17, 15) is 19.1 Å². The molecule has 11 heteroatoms. The maximum atomic E-state index is 14.6. The predicted molar refractivity (Wildman–Crippen MR) is 132 cm³/mol. The number of aliphatic carboxylic acids is 1. The summed E-state index contributed by atoms with van der Waals surface area (Å²) < 4.78 is 20.2. The summed E-state index contributed by atoms with van der Waals surface area (Å²) in [4.78, 5) is 39.0. The zero-order chi connectivity index (χ0) is 25.8. The van der Waals surface area contributed by atoms with Crippen molar-refractivity contribution in [3.8, 4) is 17.0 Å². The Kier molecular flexibility index (Phi) is 7.28. The van der Waals surface area contributed by atoms with Crippen molar-refractivity contribution < 1.29 is 23.8 Å². The molecule has 0 saturated carbocycles. The van der Waals surface area contributed by atoms with Crippen LogP contribution in [0.15, 0.2) is 42.9 Å². The fourth-order valence-electron chi connectivity index (χ4n) is 4.08. The number of halogens is 1. The topological polar surface area (TPSA) is 144 Å². The summed E-state index contributed by atoms with van der Waals surface area (Å²) in [5.74, 6) is -2.23. The van der Waals surface area contributed by atoms with Gasteiger partial charge >= 0.3 is 5.97 Å². The minimum absolute atomic E-state index is 0.110. The van der Waals surface area contributed by atoms with Gasteiger partial charge in [0, 0.05) is 24.8 Å². The lowest BCUT2D eigenvalue weighted by Gasteiger charge is -2.33. The van der Waals surface area contributed by atoms with E-state index in [-0.39, 0.29) is 28.9 Å². The molecule has 3 aromatic rings. The van der Waals surface area contributed by atoms with Crippen LogP contribution in [0, 0.1) is 11.7 Å². The number of anilines is 3.